The van der Waals surface area contributed by atoms with Crippen LogP contribution in [0.1, 0.15) is 145 Å². The molecular weight excluding hydrogens is 1050 g/mol. The van der Waals surface area contributed by atoms with Gasteiger partial charge in [0, 0.05) is 36.7 Å². The van der Waals surface area contributed by atoms with Crippen LogP contribution in [-0.2, 0) is 43.2 Å². The maximum absolute atomic E-state index is 14.2. The molecule has 24 nitrogen and oxygen atoms in total. The summed E-state index contributed by atoms with van der Waals surface area (Å²) >= 11 is 0. The standard InChI is InChI=1S/C58H88N14O10/c1-33(2)31-44(48(59)74)65-52(77)42(23-18-20-30-61-51(76)40-27-25-39(26-28-40)49-69-71-72(70-49)41-21-15-14-16-22-41)64-56(81)47(36(7)8)67-57(82)58(12,13)68-54(79)45(32-34(3)4)66-53(78)43(24-17-19-29-60-50(75)37(9)10)63-55(80)46(35(5)6)62-38(11)73/h14-16,21-22,25-28,33-36,42-47H,9,17-20,23-24,29-32H2,1-8,10-13H3,(H2,59,74)(H,60,75)(H,61,76)(H,62,73)(H,63,80)(H,64,81)(H,65,77)(H,66,78)(H,67,82)(H,68,79). The topological polar surface area (TPSA) is 349 Å². The fourth-order valence-electron chi connectivity index (χ4n) is 8.46. The van der Waals surface area contributed by atoms with Crippen molar-refractivity contribution in [2.24, 2.45) is 29.4 Å². The molecule has 0 spiro atoms. The van der Waals surface area contributed by atoms with E-state index in [1.807, 2.05) is 58.0 Å². The first kappa shape index (κ1) is 68.2. The summed E-state index contributed by atoms with van der Waals surface area (Å²) in [6.07, 6.45) is 2.07. The molecule has 0 aliphatic heterocycles. The number of tetrazole rings is 1. The van der Waals surface area contributed by atoms with E-state index < -0.39 is 95.0 Å². The van der Waals surface area contributed by atoms with Gasteiger partial charge in [-0.3, -0.25) is 47.9 Å². The fraction of sp³-hybridized carbons (Fsp3) is 0.569. The highest BCUT2D eigenvalue weighted by Gasteiger charge is 2.38. The second-order valence-corrected chi connectivity index (χ2v) is 22.7. The second-order valence-electron chi connectivity index (χ2n) is 22.7. The van der Waals surface area contributed by atoms with E-state index in [9.17, 15) is 47.9 Å². The molecule has 0 saturated heterocycles. The third-order valence-corrected chi connectivity index (χ3v) is 13.1. The molecule has 0 saturated carbocycles. The SMILES string of the molecule is C=C(C)C(=O)NCCCCC(NC(=O)C(NC(C)=O)C(C)C)C(=O)NC(CC(C)C)C(=O)NC(C)(C)C(=O)NC(C(=O)NC(CCCCNC(=O)c1ccc(-c2nnn(-c3ccccc3)n2)cc1)C(=O)NC(CC(C)C)C(N)=O)C(C)C. The highest BCUT2D eigenvalue weighted by molar-refractivity contribution is 5.99. The van der Waals surface area contributed by atoms with Crippen LogP contribution in [0.5, 0.6) is 0 Å². The van der Waals surface area contributed by atoms with Gasteiger partial charge in [-0.1, -0.05) is 92.3 Å². The van der Waals surface area contributed by atoms with Crippen LogP contribution in [0.3, 0.4) is 0 Å². The number of rotatable bonds is 34. The number of aromatic nitrogens is 4. The van der Waals surface area contributed by atoms with Crippen LogP contribution >= 0.6 is 0 Å². The van der Waals surface area contributed by atoms with Crippen LogP contribution in [0.2, 0.25) is 0 Å². The van der Waals surface area contributed by atoms with Gasteiger partial charge in [-0.2, -0.15) is 0 Å². The Morgan fingerprint density at radius 3 is 1.56 bits per heavy atom. The second kappa shape index (κ2) is 33.0. The number of carbonyl (C=O) groups is 10. The number of hydrogen-bond donors (Lipinski definition) is 10. The predicted octanol–water partition coefficient (Wildman–Crippen LogP) is 2.81. The molecule has 0 radical (unpaired) electrons. The predicted molar refractivity (Wildman–Crippen MR) is 310 cm³/mol. The van der Waals surface area contributed by atoms with Crippen molar-refractivity contribution < 1.29 is 47.9 Å². The van der Waals surface area contributed by atoms with Gasteiger partial charge in [-0.05, 0) is 125 Å². The number of nitrogens with zero attached hydrogens (tertiary/aromatic N) is 4. The van der Waals surface area contributed by atoms with Crippen molar-refractivity contribution in [2.45, 2.75) is 176 Å². The monoisotopic (exact) mass is 1140 g/mol. The van der Waals surface area contributed by atoms with Gasteiger partial charge < -0.3 is 53.6 Å². The number of primary amides is 1. The Kier molecular flexibility index (Phi) is 27.5. The molecule has 0 aliphatic rings. The zero-order chi connectivity index (χ0) is 61.4. The average Bonchev–Trinajstić information content (AvgIpc) is 3.92. The molecular formula is C58H88N14O10. The van der Waals surface area contributed by atoms with E-state index in [4.69, 9.17) is 5.73 Å². The van der Waals surface area contributed by atoms with Gasteiger partial charge in [0.15, 0.2) is 0 Å². The third kappa shape index (κ3) is 22.8. The molecule has 450 valence electrons. The van der Waals surface area contributed by atoms with E-state index in [-0.39, 0.29) is 68.3 Å². The Bertz CT molecular complexity index is 2670. The zero-order valence-electron chi connectivity index (χ0n) is 49.7. The van der Waals surface area contributed by atoms with Crippen LogP contribution in [0.4, 0.5) is 0 Å². The third-order valence-electron chi connectivity index (χ3n) is 13.1. The number of benzene rings is 2. The minimum atomic E-state index is -1.69. The summed E-state index contributed by atoms with van der Waals surface area (Å²) in [7, 11) is 0. The first-order valence-electron chi connectivity index (χ1n) is 28.1. The van der Waals surface area contributed by atoms with E-state index >= 15 is 0 Å². The van der Waals surface area contributed by atoms with Gasteiger partial charge in [0.2, 0.25) is 59.0 Å². The van der Waals surface area contributed by atoms with Crippen LogP contribution in [0, 0.1) is 23.7 Å². The van der Waals surface area contributed by atoms with Gasteiger partial charge in [-0.15, -0.1) is 15.0 Å². The Hall–Kier alpha value is -8.05. The van der Waals surface area contributed by atoms with Crippen molar-refractivity contribution in [1.29, 1.82) is 0 Å². The Morgan fingerprint density at radius 2 is 1.07 bits per heavy atom. The molecule has 11 N–H and O–H groups in total. The fourth-order valence-corrected chi connectivity index (χ4v) is 8.46. The smallest absolute Gasteiger partial charge is 0.251 e. The number of para-hydroxylation sites is 1. The Balaban J connectivity index is 1.74. The van der Waals surface area contributed by atoms with Crippen LogP contribution < -0.4 is 53.6 Å². The summed E-state index contributed by atoms with van der Waals surface area (Å²) in [6, 6.07) is 9.19. The van der Waals surface area contributed by atoms with Crippen molar-refractivity contribution in [2.75, 3.05) is 13.1 Å². The lowest BCUT2D eigenvalue weighted by Gasteiger charge is -2.32. The lowest BCUT2D eigenvalue weighted by Crippen LogP contribution is -2.64. The van der Waals surface area contributed by atoms with Crippen LogP contribution in [-0.4, -0.2) is 134 Å². The number of nitrogens with two attached hydrogens (primary N) is 1. The molecule has 0 aliphatic carbocycles. The van der Waals surface area contributed by atoms with Crippen molar-refractivity contribution in [3.63, 3.8) is 0 Å². The Morgan fingerprint density at radius 1 is 0.585 bits per heavy atom. The van der Waals surface area contributed by atoms with Crippen molar-refractivity contribution in [3.05, 3.63) is 72.3 Å². The van der Waals surface area contributed by atoms with Crippen molar-refractivity contribution in [3.8, 4) is 17.1 Å². The number of hydrogen-bond acceptors (Lipinski definition) is 13. The minimum Gasteiger partial charge on any atom is -0.368 e. The van der Waals surface area contributed by atoms with Gasteiger partial charge in [-0.25, -0.2) is 0 Å². The number of amides is 10. The van der Waals surface area contributed by atoms with E-state index in [0.29, 0.717) is 48.2 Å². The lowest BCUT2D eigenvalue weighted by atomic mass is 9.97. The molecule has 3 aromatic rings. The van der Waals surface area contributed by atoms with Crippen LogP contribution in [0.25, 0.3) is 17.1 Å². The maximum Gasteiger partial charge on any atom is 0.251 e. The van der Waals surface area contributed by atoms with Gasteiger partial charge >= 0.3 is 0 Å². The first-order chi connectivity index (χ1) is 38.5. The van der Waals surface area contributed by atoms with Gasteiger partial charge in [0.25, 0.3) is 5.91 Å². The minimum absolute atomic E-state index is 0.0202. The highest BCUT2D eigenvalue weighted by atomic mass is 16.2. The van der Waals surface area contributed by atoms with Gasteiger partial charge in [0.05, 0.1) is 5.69 Å². The zero-order valence-corrected chi connectivity index (χ0v) is 49.7. The molecule has 1 heterocycles. The van der Waals surface area contributed by atoms with Crippen molar-refractivity contribution >= 4 is 59.1 Å². The van der Waals surface area contributed by atoms with E-state index in [1.54, 1.807) is 58.9 Å². The molecule has 6 atom stereocenters. The molecule has 2 aromatic carbocycles. The first-order valence-corrected chi connectivity index (χ1v) is 28.1. The largest absolute Gasteiger partial charge is 0.368 e. The van der Waals surface area contributed by atoms with Crippen molar-refractivity contribution in [1.82, 2.24) is 68.1 Å². The molecule has 6 unspecified atom stereocenters. The summed E-state index contributed by atoms with van der Waals surface area (Å²) < 4.78 is 0. The quantitative estimate of drug-likeness (QED) is 0.0304. The van der Waals surface area contributed by atoms with E-state index in [2.05, 4.69) is 69.8 Å². The molecule has 0 fully saturated rings. The molecule has 3 rings (SSSR count). The number of carbonyl (C=O) groups excluding carboxylic acids is 10. The highest BCUT2D eigenvalue weighted by Crippen LogP contribution is 2.18. The van der Waals surface area contributed by atoms with E-state index in [1.165, 1.54) is 25.6 Å². The lowest BCUT2D eigenvalue weighted by molar-refractivity contribution is -0.138. The normalized spacial score (nSPS) is 13.6. The summed E-state index contributed by atoms with van der Waals surface area (Å²) in [5.74, 6) is -6.75. The van der Waals surface area contributed by atoms with Gasteiger partial charge in [0.1, 0.15) is 41.8 Å². The molecule has 1 aromatic heterocycles. The number of unbranched alkanes of at least 4 members (excludes halogenated alkanes) is 2. The van der Waals surface area contributed by atoms with E-state index in [0.717, 1.165) is 5.69 Å². The number of nitrogens with one attached hydrogen (secondary N) is 9. The molecule has 82 heavy (non-hydrogen) atoms. The molecule has 24 heteroatoms. The average molecular weight is 1140 g/mol. The molecule has 0 bridgehead atoms. The Labute approximate surface area is 481 Å². The maximum atomic E-state index is 14.2. The summed E-state index contributed by atoms with van der Waals surface area (Å²) in [5, 5.41) is 37.3. The summed E-state index contributed by atoms with van der Waals surface area (Å²) in [4.78, 5) is 135. The van der Waals surface area contributed by atoms with Crippen LogP contribution in [0.15, 0.2) is 66.7 Å². The molecule has 10 amide bonds. The summed E-state index contributed by atoms with van der Waals surface area (Å²) in [5.41, 5.74) is 6.10. The summed E-state index contributed by atoms with van der Waals surface area (Å²) in [6.45, 7) is 24.0.